The Labute approximate surface area is 62.0 Å². The average molecular weight is 191 g/mol. The van der Waals surface area contributed by atoms with E-state index in [-0.39, 0.29) is 12.1 Å². The molecule has 0 bridgehead atoms. The van der Waals surface area contributed by atoms with Crippen molar-refractivity contribution in [3.63, 3.8) is 0 Å². The Hall–Kier alpha value is -0.310. The normalized spacial score (nSPS) is 26.6. The SMILES string of the molecule is C=C1CC(CBr)OC1=O. The standard InChI is InChI=1S/C6H7BrO2/c1-4-2-5(3-7)9-6(4)8/h5H,1-3H2. The molecule has 1 aliphatic rings. The zero-order valence-corrected chi connectivity index (χ0v) is 6.48. The monoisotopic (exact) mass is 190 g/mol. The van der Waals surface area contributed by atoms with Gasteiger partial charge in [-0.3, -0.25) is 0 Å². The van der Waals surface area contributed by atoms with Crippen molar-refractivity contribution in [3.8, 4) is 0 Å². The predicted octanol–water partition coefficient (Wildman–Crippen LogP) is 1.25. The smallest absolute Gasteiger partial charge is 0.333 e. The minimum absolute atomic E-state index is 0.0185. The van der Waals surface area contributed by atoms with E-state index >= 15 is 0 Å². The highest BCUT2D eigenvalue weighted by Crippen LogP contribution is 2.19. The van der Waals surface area contributed by atoms with Gasteiger partial charge in [0.1, 0.15) is 6.10 Å². The second-order valence-corrected chi connectivity index (χ2v) is 2.64. The van der Waals surface area contributed by atoms with E-state index in [1.165, 1.54) is 0 Å². The second kappa shape index (κ2) is 2.52. The Balaban J connectivity index is 2.54. The van der Waals surface area contributed by atoms with Crippen LogP contribution in [0, 0.1) is 0 Å². The van der Waals surface area contributed by atoms with Gasteiger partial charge in [0.05, 0.1) is 0 Å². The van der Waals surface area contributed by atoms with Crippen LogP contribution in [0.25, 0.3) is 0 Å². The molecule has 0 aromatic rings. The van der Waals surface area contributed by atoms with Crippen LogP contribution >= 0.6 is 15.9 Å². The number of carbonyl (C=O) groups excluding carboxylic acids is 1. The summed E-state index contributed by atoms with van der Waals surface area (Å²) in [5, 5.41) is 0.706. The molecule has 1 unspecified atom stereocenters. The molecule has 0 aliphatic carbocycles. The topological polar surface area (TPSA) is 26.3 Å². The third-order valence-electron chi connectivity index (χ3n) is 1.21. The molecule has 1 rings (SSSR count). The molecule has 1 saturated heterocycles. The lowest BCUT2D eigenvalue weighted by molar-refractivity contribution is -0.137. The Bertz CT molecular complexity index is 137. The Morgan fingerprint density at radius 2 is 2.56 bits per heavy atom. The lowest BCUT2D eigenvalue weighted by Crippen LogP contribution is -2.06. The minimum Gasteiger partial charge on any atom is -0.458 e. The van der Waals surface area contributed by atoms with Crippen molar-refractivity contribution in [3.05, 3.63) is 12.2 Å². The summed E-state index contributed by atoms with van der Waals surface area (Å²) in [4.78, 5) is 10.6. The summed E-state index contributed by atoms with van der Waals surface area (Å²) in [6.07, 6.45) is 0.689. The fourth-order valence-electron chi connectivity index (χ4n) is 0.721. The van der Waals surface area contributed by atoms with Crippen molar-refractivity contribution in [2.75, 3.05) is 5.33 Å². The lowest BCUT2D eigenvalue weighted by atomic mass is 10.2. The van der Waals surface area contributed by atoms with E-state index in [1.807, 2.05) is 0 Å². The molecule has 2 nitrogen and oxygen atoms in total. The van der Waals surface area contributed by atoms with Gasteiger partial charge in [0.15, 0.2) is 0 Å². The van der Waals surface area contributed by atoms with E-state index < -0.39 is 0 Å². The summed E-state index contributed by atoms with van der Waals surface area (Å²) in [6, 6.07) is 0. The Morgan fingerprint density at radius 1 is 1.89 bits per heavy atom. The molecular formula is C6H7BrO2. The summed E-state index contributed by atoms with van der Waals surface area (Å²) in [5.74, 6) is -0.251. The highest BCUT2D eigenvalue weighted by Gasteiger charge is 2.25. The first-order valence-corrected chi connectivity index (χ1v) is 3.81. The maximum atomic E-state index is 10.6. The first-order chi connectivity index (χ1) is 4.24. The Kier molecular flexibility index (Phi) is 1.90. The van der Waals surface area contributed by atoms with Crippen molar-refractivity contribution in [2.24, 2.45) is 0 Å². The highest BCUT2D eigenvalue weighted by atomic mass is 79.9. The zero-order valence-electron chi connectivity index (χ0n) is 4.89. The van der Waals surface area contributed by atoms with Crippen LogP contribution in [0.5, 0.6) is 0 Å². The third kappa shape index (κ3) is 1.33. The summed E-state index contributed by atoms with van der Waals surface area (Å²) >= 11 is 3.21. The van der Waals surface area contributed by atoms with Crippen molar-refractivity contribution in [2.45, 2.75) is 12.5 Å². The van der Waals surface area contributed by atoms with Gasteiger partial charge in [0.2, 0.25) is 0 Å². The second-order valence-electron chi connectivity index (χ2n) is 1.99. The van der Waals surface area contributed by atoms with Crippen LogP contribution in [0.2, 0.25) is 0 Å². The third-order valence-corrected chi connectivity index (χ3v) is 1.93. The molecule has 50 valence electrons. The number of carbonyl (C=O) groups is 1. The summed E-state index contributed by atoms with van der Waals surface area (Å²) in [7, 11) is 0. The Morgan fingerprint density at radius 3 is 2.78 bits per heavy atom. The molecule has 0 amide bonds. The van der Waals surface area contributed by atoms with E-state index in [1.54, 1.807) is 0 Å². The summed E-state index contributed by atoms with van der Waals surface area (Å²) in [6.45, 7) is 3.54. The number of halogens is 1. The van der Waals surface area contributed by atoms with Gasteiger partial charge in [0, 0.05) is 17.3 Å². The molecule has 0 saturated carbocycles. The van der Waals surface area contributed by atoms with Crippen LogP contribution in [-0.4, -0.2) is 17.4 Å². The minimum atomic E-state index is -0.251. The van der Waals surface area contributed by atoms with Gasteiger partial charge in [-0.1, -0.05) is 22.5 Å². The van der Waals surface area contributed by atoms with Crippen molar-refractivity contribution in [1.29, 1.82) is 0 Å². The molecule has 0 N–H and O–H groups in total. The molecular weight excluding hydrogens is 184 g/mol. The molecule has 0 radical (unpaired) electrons. The fourth-order valence-corrected chi connectivity index (χ4v) is 1.08. The molecule has 9 heavy (non-hydrogen) atoms. The molecule has 1 fully saturated rings. The van der Waals surface area contributed by atoms with Crippen molar-refractivity contribution in [1.82, 2.24) is 0 Å². The first-order valence-electron chi connectivity index (χ1n) is 2.68. The van der Waals surface area contributed by atoms with Gasteiger partial charge < -0.3 is 4.74 Å². The van der Waals surface area contributed by atoms with Crippen LogP contribution in [-0.2, 0) is 9.53 Å². The van der Waals surface area contributed by atoms with Crippen LogP contribution in [0.15, 0.2) is 12.2 Å². The van der Waals surface area contributed by atoms with E-state index in [0.717, 1.165) is 0 Å². The van der Waals surface area contributed by atoms with Crippen LogP contribution in [0.3, 0.4) is 0 Å². The number of cyclic esters (lactones) is 1. The summed E-state index contributed by atoms with van der Waals surface area (Å²) < 4.78 is 4.84. The van der Waals surface area contributed by atoms with Gasteiger partial charge in [-0.05, 0) is 0 Å². The van der Waals surface area contributed by atoms with Crippen LogP contribution < -0.4 is 0 Å². The van der Waals surface area contributed by atoms with Crippen LogP contribution in [0.1, 0.15) is 6.42 Å². The van der Waals surface area contributed by atoms with E-state index in [9.17, 15) is 4.79 Å². The average Bonchev–Trinajstić information content (AvgIpc) is 2.13. The largest absolute Gasteiger partial charge is 0.458 e. The molecule has 1 atom stereocenters. The number of hydrogen-bond acceptors (Lipinski definition) is 2. The quantitative estimate of drug-likeness (QED) is 0.354. The predicted molar refractivity (Wildman–Crippen MR) is 37.4 cm³/mol. The maximum Gasteiger partial charge on any atom is 0.333 e. The van der Waals surface area contributed by atoms with Gasteiger partial charge in [0.25, 0.3) is 0 Å². The van der Waals surface area contributed by atoms with Gasteiger partial charge >= 0.3 is 5.97 Å². The van der Waals surface area contributed by atoms with Crippen molar-refractivity contribution < 1.29 is 9.53 Å². The fraction of sp³-hybridized carbons (Fsp3) is 0.500. The lowest BCUT2D eigenvalue weighted by Gasteiger charge is -2.00. The molecule has 0 aromatic carbocycles. The highest BCUT2D eigenvalue weighted by molar-refractivity contribution is 9.09. The molecule has 1 aliphatic heterocycles. The number of hydrogen-bond donors (Lipinski definition) is 0. The number of ether oxygens (including phenoxy) is 1. The molecule has 3 heteroatoms. The summed E-state index contributed by atoms with van der Waals surface area (Å²) in [5.41, 5.74) is 0.583. The molecule has 0 aromatic heterocycles. The van der Waals surface area contributed by atoms with Crippen molar-refractivity contribution >= 4 is 21.9 Å². The van der Waals surface area contributed by atoms with E-state index in [0.29, 0.717) is 17.3 Å². The molecule has 0 spiro atoms. The first kappa shape index (κ1) is 6.81. The van der Waals surface area contributed by atoms with E-state index in [4.69, 9.17) is 4.74 Å². The van der Waals surface area contributed by atoms with Gasteiger partial charge in [-0.15, -0.1) is 0 Å². The molecule has 1 heterocycles. The number of alkyl halides is 1. The van der Waals surface area contributed by atoms with Crippen LogP contribution in [0.4, 0.5) is 0 Å². The van der Waals surface area contributed by atoms with Gasteiger partial charge in [-0.25, -0.2) is 4.79 Å². The van der Waals surface area contributed by atoms with E-state index in [2.05, 4.69) is 22.5 Å². The van der Waals surface area contributed by atoms with Gasteiger partial charge in [-0.2, -0.15) is 0 Å². The maximum absolute atomic E-state index is 10.6. The zero-order chi connectivity index (χ0) is 6.85. The number of rotatable bonds is 1. The number of esters is 1.